The summed E-state index contributed by atoms with van der Waals surface area (Å²) in [5.41, 5.74) is 1.72. The van der Waals surface area contributed by atoms with Crippen molar-refractivity contribution in [2.45, 2.75) is 64.6 Å². The Labute approximate surface area is 144 Å². The molecule has 1 aromatic heterocycles. The van der Waals surface area contributed by atoms with E-state index in [4.69, 9.17) is 0 Å². The first-order chi connectivity index (χ1) is 11.5. The van der Waals surface area contributed by atoms with E-state index in [1.165, 1.54) is 0 Å². The van der Waals surface area contributed by atoms with Gasteiger partial charge in [0.25, 0.3) is 5.91 Å². The second-order valence-electron chi connectivity index (χ2n) is 7.19. The number of rotatable bonds is 5. The number of β-amino-alcohol motifs (C(OH)–C–C–N with tert-alkyl or cyclic N) is 1. The molecule has 2 aliphatic heterocycles. The van der Waals surface area contributed by atoms with E-state index in [0.717, 1.165) is 63.1 Å². The number of likely N-dealkylation sites (tertiary alicyclic amines) is 2. The first-order valence-electron chi connectivity index (χ1n) is 9.30. The molecule has 0 radical (unpaired) electrons. The first kappa shape index (κ1) is 17.4. The highest BCUT2D eigenvalue weighted by Crippen LogP contribution is 2.24. The Kier molecular flexibility index (Phi) is 5.25. The molecule has 3 rings (SSSR count). The summed E-state index contributed by atoms with van der Waals surface area (Å²) < 4.78 is 2.01. The van der Waals surface area contributed by atoms with Gasteiger partial charge in [0, 0.05) is 37.9 Å². The fourth-order valence-corrected chi connectivity index (χ4v) is 4.13. The van der Waals surface area contributed by atoms with Gasteiger partial charge in [0.2, 0.25) is 0 Å². The van der Waals surface area contributed by atoms with Crippen molar-refractivity contribution in [3.05, 3.63) is 17.5 Å². The highest BCUT2D eigenvalue weighted by Gasteiger charge is 2.35. The van der Waals surface area contributed by atoms with Gasteiger partial charge >= 0.3 is 0 Å². The maximum atomic E-state index is 12.9. The van der Waals surface area contributed by atoms with Crippen molar-refractivity contribution in [3.63, 3.8) is 0 Å². The van der Waals surface area contributed by atoms with Crippen LogP contribution in [0.4, 0.5) is 0 Å². The second-order valence-corrected chi connectivity index (χ2v) is 7.19. The Morgan fingerprint density at radius 2 is 2.04 bits per heavy atom. The molecule has 1 aromatic rings. The van der Waals surface area contributed by atoms with E-state index in [0.29, 0.717) is 12.1 Å². The van der Waals surface area contributed by atoms with E-state index in [1.54, 1.807) is 6.20 Å². The monoisotopic (exact) mass is 334 g/mol. The predicted octanol–water partition coefficient (Wildman–Crippen LogP) is 1.83. The molecule has 0 spiro atoms. The fourth-order valence-electron chi connectivity index (χ4n) is 4.13. The lowest BCUT2D eigenvalue weighted by Crippen LogP contribution is -2.38. The van der Waals surface area contributed by atoms with E-state index in [2.05, 4.69) is 23.8 Å². The average Bonchev–Trinajstić information content (AvgIpc) is 3.29. The smallest absolute Gasteiger partial charge is 0.257 e. The third-order valence-electron chi connectivity index (χ3n) is 5.73. The number of aliphatic hydroxyl groups excluding tert-OH is 1. The van der Waals surface area contributed by atoms with Crippen LogP contribution in [0.3, 0.4) is 0 Å². The highest BCUT2D eigenvalue weighted by molar-refractivity contribution is 5.95. The van der Waals surface area contributed by atoms with Crippen LogP contribution in [-0.4, -0.2) is 68.9 Å². The summed E-state index contributed by atoms with van der Waals surface area (Å²) in [4.78, 5) is 17.2. The number of carbonyl (C=O) groups is 1. The minimum Gasteiger partial charge on any atom is -0.392 e. The average molecular weight is 334 g/mol. The van der Waals surface area contributed by atoms with Gasteiger partial charge in [-0.15, -0.1) is 0 Å². The Morgan fingerprint density at radius 3 is 2.67 bits per heavy atom. The molecule has 0 unspecified atom stereocenters. The van der Waals surface area contributed by atoms with E-state index >= 15 is 0 Å². The van der Waals surface area contributed by atoms with Gasteiger partial charge in [-0.05, 0) is 32.6 Å². The normalized spacial score (nSPS) is 25.1. The van der Waals surface area contributed by atoms with Crippen LogP contribution in [0.1, 0.15) is 61.6 Å². The van der Waals surface area contributed by atoms with Crippen molar-refractivity contribution in [2.75, 3.05) is 26.2 Å². The minimum atomic E-state index is -0.199. The van der Waals surface area contributed by atoms with Crippen LogP contribution in [0.2, 0.25) is 0 Å². The first-order valence-corrected chi connectivity index (χ1v) is 9.30. The zero-order valence-electron chi connectivity index (χ0n) is 15.1. The van der Waals surface area contributed by atoms with Crippen LogP contribution >= 0.6 is 0 Å². The third kappa shape index (κ3) is 3.22. The van der Waals surface area contributed by atoms with Crippen molar-refractivity contribution < 1.29 is 9.90 Å². The second kappa shape index (κ2) is 7.23. The summed E-state index contributed by atoms with van der Waals surface area (Å²) >= 11 is 0. The molecular weight excluding hydrogens is 304 g/mol. The minimum absolute atomic E-state index is 0.104. The lowest BCUT2D eigenvalue weighted by Gasteiger charge is -2.23. The molecule has 2 fully saturated rings. The molecule has 2 aliphatic rings. The Bertz CT molecular complexity index is 582. The van der Waals surface area contributed by atoms with Crippen molar-refractivity contribution in [1.29, 1.82) is 0 Å². The summed E-state index contributed by atoms with van der Waals surface area (Å²) in [5.74, 6) is 0.104. The van der Waals surface area contributed by atoms with Gasteiger partial charge in [-0.25, -0.2) is 0 Å². The van der Waals surface area contributed by atoms with Gasteiger partial charge in [0.05, 0.1) is 23.9 Å². The molecule has 134 valence electrons. The molecule has 1 amide bonds. The lowest BCUT2D eigenvalue weighted by atomic mass is 10.1. The number of aromatic nitrogens is 2. The Hall–Kier alpha value is -1.40. The van der Waals surface area contributed by atoms with E-state index in [1.807, 2.05) is 16.5 Å². The molecule has 0 aliphatic carbocycles. The van der Waals surface area contributed by atoms with Crippen molar-refractivity contribution in [2.24, 2.45) is 0 Å². The maximum Gasteiger partial charge on any atom is 0.257 e. The molecule has 0 aromatic carbocycles. The number of nitrogens with zero attached hydrogens (tertiary/aromatic N) is 4. The summed E-state index contributed by atoms with van der Waals surface area (Å²) in [5, 5.41) is 14.2. The maximum absolute atomic E-state index is 12.9. The van der Waals surface area contributed by atoms with Gasteiger partial charge < -0.3 is 10.0 Å². The molecule has 6 nitrogen and oxygen atoms in total. The van der Waals surface area contributed by atoms with Gasteiger partial charge in [0.15, 0.2) is 0 Å². The number of aliphatic hydroxyl groups is 1. The molecule has 2 saturated heterocycles. The summed E-state index contributed by atoms with van der Waals surface area (Å²) in [6.07, 6.45) is 5.44. The van der Waals surface area contributed by atoms with Crippen molar-refractivity contribution in [3.8, 4) is 0 Å². The number of hydrogen-bond acceptors (Lipinski definition) is 4. The quantitative estimate of drug-likeness (QED) is 0.892. The molecule has 24 heavy (non-hydrogen) atoms. The Balaban J connectivity index is 1.67. The molecule has 0 bridgehead atoms. The van der Waals surface area contributed by atoms with Gasteiger partial charge in [-0.1, -0.05) is 13.8 Å². The van der Waals surface area contributed by atoms with Crippen molar-refractivity contribution in [1.82, 2.24) is 19.6 Å². The standard InChI is InChI=1S/C18H30N4O2/c1-4-14(5-2)22-13(3)17(10-19-22)18(24)21-8-6-15(11-21)20-9-7-16(23)12-20/h10,14-16,23H,4-9,11-12H2,1-3H3/t15-,16-/m1/s1. The van der Waals surface area contributed by atoms with Gasteiger partial charge in [-0.3, -0.25) is 14.4 Å². The largest absolute Gasteiger partial charge is 0.392 e. The van der Waals surface area contributed by atoms with E-state index in [-0.39, 0.29) is 12.0 Å². The zero-order chi connectivity index (χ0) is 17.3. The van der Waals surface area contributed by atoms with E-state index < -0.39 is 0 Å². The molecule has 6 heteroatoms. The number of hydrogen-bond donors (Lipinski definition) is 1. The number of carbonyl (C=O) groups excluding carboxylic acids is 1. The van der Waals surface area contributed by atoms with Gasteiger partial charge in [0.1, 0.15) is 0 Å². The summed E-state index contributed by atoms with van der Waals surface area (Å²) in [7, 11) is 0. The summed E-state index contributed by atoms with van der Waals surface area (Å²) in [6, 6.07) is 0.754. The van der Waals surface area contributed by atoms with Crippen LogP contribution in [0.15, 0.2) is 6.20 Å². The van der Waals surface area contributed by atoms with Gasteiger partial charge in [-0.2, -0.15) is 5.10 Å². The SMILES string of the molecule is CCC(CC)n1ncc(C(=O)N2CC[C@@H](N3CC[C@@H](O)C3)C2)c1C. The highest BCUT2D eigenvalue weighted by atomic mass is 16.3. The van der Waals surface area contributed by atoms with Crippen LogP contribution in [0, 0.1) is 6.92 Å². The Morgan fingerprint density at radius 1 is 1.29 bits per heavy atom. The van der Waals surface area contributed by atoms with Crippen LogP contribution in [0.5, 0.6) is 0 Å². The van der Waals surface area contributed by atoms with E-state index in [9.17, 15) is 9.90 Å². The molecule has 2 atom stereocenters. The fraction of sp³-hybridized carbons (Fsp3) is 0.778. The molecule has 3 heterocycles. The topological polar surface area (TPSA) is 61.6 Å². The van der Waals surface area contributed by atoms with Crippen molar-refractivity contribution >= 4 is 5.91 Å². The van der Waals surface area contributed by atoms with Crippen LogP contribution < -0.4 is 0 Å². The molecule has 0 saturated carbocycles. The van der Waals surface area contributed by atoms with Crippen LogP contribution in [0.25, 0.3) is 0 Å². The third-order valence-corrected chi connectivity index (χ3v) is 5.73. The molecule has 1 N–H and O–H groups in total. The van der Waals surface area contributed by atoms with Crippen LogP contribution in [-0.2, 0) is 0 Å². The predicted molar refractivity (Wildman–Crippen MR) is 93.1 cm³/mol. The zero-order valence-corrected chi connectivity index (χ0v) is 15.1. The number of amides is 1. The summed E-state index contributed by atoms with van der Waals surface area (Å²) in [6.45, 7) is 9.58. The lowest BCUT2D eigenvalue weighted by molar-refractivity contribution is 0.0777. The molecular formula is C18H30N4O2.